The summed E-state index contributed by atoms with van der Waals surface area (Å²) in [4.78, 5) is 39.6. The number of aliphatic hydroxyl groups is 1. The predicted molar refractivity (Wildman–Crippen MR) is 182 cm³/mol. The van der Waals surface area contributed by atoms with Crippen LogP contribution in [0.15, 0.2) is 29.8 Å². The van der Waals surface area contributed by atoms with Gasteiger partial charge in [0.05, 0.1) is 5.41 Å². The zero-order valence-corrected chi connectivity index (χ0v) is 30.3. The van der Waals surface area contributed by atoms with Crippen molar-refractivity contribution in [2.75, 3.05) is 0 Å². The minimum absolute atomic E-state index is 0.0268. The Morgan fingerprint density at radius 2 is 1.37 bits per heavy atom. The fourth-order valence-corrected chi connectivity index (χ4v) is 13.2. The van der Waals surface area contributed by atoms with E-state index in [9.17, 15) is 24.6 Å². The minimum Gasteiger partial charge on any atom is -0.481 e. The average Bonchev–Trinajstić information content (AvgIpc) is 2.95. The van der Waals surface area contributed by atoms with Crippen molar-refractivity contribution in [1.82, 2.24) is 0 Å². The first kappa shape index (κ1) is 33.9. The lowest BCUT2D eigenvalue weighted by molar-refractivity contribution is -0.251. The first-order chi connectivity index (χ1) is 21.1. The number of rotatable bonds is 4. The van der Waals surface area contributed by atoms with E-state index >= 15 is 0 Å². The summed E-state index contributed by atoms with van der Waals surface area (Å²) in [7, 11) is 0. The number of halogens is 1. The highest BCUT2D eigenvalue weighted by Crippen LogP contribution is 2.80. The van der Waals surface area contributed by atoms with Crippen LogP contribution in [0.4, 0.5) is 0 Å². The maximum atomic E-state index is 13.5. The third-order valence-electron chi connectivity index (χ3n) is 15.8. The largest absolute Gasteiger partial charge is 0.481 e. The Morgan fingerprint density at radius 3 is 1.98 bits per heavy atom. The van der Waals surface area contributed by atoms with Crippen molar-refractivity contribution < 1.29 is 24.6 Å². The van der Waals surface area contributed by atoms with Gasteiger partial charge < -0.3 is 10.2 Å². The lowest BCUT2D eigenvalue weighted by atomic mass is 9.28. The van der Waals surface area contributed by atoms with E-state index in [2.05, 4.69) is 54.5 Å². The monoisotopic (exact) mass is 650 g/mol. The van der Waals surface area contributed by atoms with Gasteiger partial charge in [0.15, 0.2) is 11.6 Å². The predicted octanol–water partition coefficient (Wildman–Crippen LogP) is 9.53. The summed E-state index contributed by atoms with van der Waals surface area (Å²) in [6, 6.07) is 5.70. The molecule has 5 nitrogen and oxygen atoms in total. The van der Waals surface area contributed by atoms with Crippen LogP contribution in [0, 0.1) is 44.3 Å². The summed E-state index contributed by atoms with van der Waals surface area (Å²) in [5, 5.41) is 21.2. The number of alkyl halides is 1. The fraction of sp³-hybridized carbons (Fsp3) is 0.725. The number of carbonyl (C=O) groups excluding carboxylic acids is 2. The Balaban J connectivity index is 1.57. The van der Waals surface area contributed by atoms with Gasteiger partial charge in [-0.05, 0) is 117 Å². The molecule has 46 heavy (non-hydrogen) atoms. The smallest absolute Gasteiger partial charge is 0.313 e. The summed E-state index contributed by atoms with van der Waals surface area (Å²) >= 11 is 7.16. The molecule has 1 unspecified atom stereocenters. The lowest BCUT2D eigenvalue weighted by Gasteiger charge is -2.76. The summed E-state index contributed by atoms with van der Waals surface area (Å²) in [6.07, 6.45) is 10.1. The van der Waals surface area contributed by atoms with Crippen molar-refractivity contribution in [3.63, 3.8) is 0 Å². The highest BCUT2D eigenvalue weighted by Gasteiger charge is 2.76. The van der Waals surface area contributed by atoms with Gasteiger partial charge >= 0.3 is 5.97 Å². The second kappa shape index (κ2) is 10.0. The van der Waals surface area contributed by atoms with Crippen LogP contribution >= 0.6 is 11.6 Å². The lowest BCUT2D eigenvalue weighted by Crippen LogP contribution is -2.73. The third-order valence-corrected chi connectivity index (χ3v) is 16.4. The van der Waals surface area contributed by atoms with Crippen LogP contribution in [0.2, 0.25) is 0 Å². The van der Waals surface area contributed by atoms with E-state index in [1.165, 1.54) is 12.5 Å². The van der Waals surface area contributed by atoms with E-state index in [1.54, 1.807) is 13.0 Å². The summed E-state index contributed by atoms with van der Waals surface area (Å²) in [5.41, 5.74) is 0.101. The molecule has 4 fully saturated rings. The normalized spacial score (nSPS) is 44.0. The Morgan fingerprint density at radius 1 is 0.761 bits per heavy atom. The van der Waals surface area contributed by atoms with Crippen LogP contribution < -0.4 is 0 Å². The minimum atomic E-state index is -1.49. The van der Waals surface area contributed by atoms with Crippen molar-refractivity contribution >= 4 is 29.1 Å². The highest BCUT2D eigenvalue weighted by molar-refractivity contribution is 6.23. The summed E-state index contributed by atoms with van der Waals surface area (Å²) in [6.45, 7) is 19.1. The van der Waals surface area contributed by atoms with Crippen LogP contribution in [-0.4, -0.2) is 32.8 Å². The van der Waals surface area contributed by atoms with Crippen LogP contribution in [0.3, 0.4) is 0 Å². The molecule has 6 heteroatoms. The summed E-state index contributed by atoms with van der Waals surface area (Å²) < 4.78 is 0. The Kier molecular flexibility index (Phi) is 7.39. The molecule has 0 spiro atoms. The molecule has 4 saturated carbocycles. The molecule has 0 aliphatic heterocycles. The molecule has 1 aromatic rings. The molecular formula is C40H55ClO5. The Hall–Kier alpha value is -1.98. The Bertz CT molecular complexity index is 1550. The number of benzene rings is 1. The maximum absolute atomic E-state index is 13.5. The van der Waals surface area contributed by atoms with Gasteiger partial charge in [-0.1, -0.05) is 89.9 Å². The van der Waals surface area contributed by atoms with Crippen molar-refractivity contribution in [3.05, 3.63) is 46.5 Å². The number of ketones is 2. The number of fused-ring (bicyclic) bond motifs is 7. The third kappa shape index (κ3) is 3.94. The van der Waals surface area contributed by atoms with Crippen molar-refractivity contribution in [2.45, 2.75) is 137 Å². The van der Waals surface area contributed by atoms with Gasteiger partial charge in [-0.15, -0.1) is 0 Å². The standard InChI is InChI=1S/C40H55ClO5/c1-24(42)26-11-10-12-28(31(26)25(2)43)39-21-17-36(8)30(37(39,9)18-22-40(41,46)34(39,5)6)14-13-27-29-23-33(3,4)15-19-38(29,32(44)45)20-16-35(27,36)7/h10-12,23,27,30,46H,13-22H2,1-9H3,(H,44,45)/t27-,30+,35-,36-,37-,38+,39?,40+/m1/s1. The van der Waals surface area contributed by atoms with E-state index in [-0.39, 0.29) is 45.1 Å². The van der Waals surface area contributed by atoms with E-state index in [0.29, 0.717) is 36.8 Å². The number of Topliss-reactive ketones (excluding diaryl/α,β-unsaturated/α-hetero) is 2. The van der Waals surface area contributed by atoms with Gasteiger partial charge in [-0.2, -0.15) is 0 Å². The molecular weight excluding hydrogens is 596 g/mol. The zero-order valence-electron chi connectivity index (χ0n) is 29.5. The second-order valence-corrected chi connectivity index (χ2v) is 18.7. The van der Waals surface area contributed by atoms with Crippen molar-refractivity contribution in [2.24, 2.45) is 44.3 Å². The molecule has 8 atom stereocenters. The van der Waals surface area contributed by atoms with Gasteiger partial charge in [-0.3, -0.25) is 14.4 Å². The van der Waals surface area contributed by atoms with Crippen LogP contribution in [0.25, 0.3) is 0 Å². The van der Waals surface area contributed by atoms with Crippen LogP contribution in [0.5, 0.6) is 0 Å². The van der Waals surface area contributed by atoms with Crippen molar-refractivity contribution in [1.29, 1.82) is 0 Å². The number of aliphatic carboxylic acids is 1. The molecule has 5 aliphatic carbocycles. The second-order valence-electron chi connectivity index (χ2n) is 18.0. The molecule has 0 aromatic heterocycles. The van der Waals surface area contributed by atoms with E-state index < -0.39 is 27.3 Å². The topological polar surface area (TPSA) is 91.7 Å². The Labute approximate surface area is 280 Å². The van der Waals surface area contributed by atoms with Crippen LogP contribution in [-0.2, 0) is 10.2 Å². The molecule has 252 valence electrons. The summed E-state index contributed by atoms with van der Waals surface area (Å²) in [5.74, 6) is -0.482. The van der Waals surface area contributed by atoms with E-state index in [4.69, 9.17) is 11.6 Å². The molecule has 6 rings (SSSR count). The molecule has 0 amide bonds. The average molecular weight is 651 g/mol. The zero-order chi connectivity index (χ0) is 34.1. The SMILES string of the molecule is CC(=O)c1cccc(C23CC[C@]4(C)[C@H](CC[C@@H]5C6=CC(C)(C)CC[C@]6(C(=O)O)CC[C@]54C)[C@@]2(C)CC[C@@](O)(Cl)C3(C)C)c1C(C)=O. The van der Waals surface area contributed by atoms with Gasteiger partial charge in [0, 0.05) is 22.0 Å². The molecule has 0 radical (unpaired) electrons. The van der Waals surface area contributed by atoms with Crippen LogP contribution in [0.1, 0.15) is 153 Å². The molecule has 0 saturated heterocycles. The first-order valence-electron chi connectivity index (χ1n) is 17.6. The fourth-order valence-electron chi connectivity index (χ4n) is 12.9. The first-order valence-corrected chi connectivity index (χ1v) is 18.0. The molecule has 0 bridgehead atoms. The molecule has 2 N–H and O–H groups in total. The van der Waals surface area contributed by atoms with Gasteiger partial charge in [0.2, 0.25) is 0 Å². The number of carbonyl (C=O) groups is 3. The quantitative estimate of drug-likeness (QED) is 0.192. The number of allylic oxidation sites excluding steroid dienone is 1. The number of carboxylic acid groups (broad SMARTS) is 1. The molecule has 0 heterocycles. The maximum Gasteiger partial charge on any atom is 0.313 e. The number of hydrogen-bond donors (Lipinski definition) is 2. The number of carboxylic acids is 1. The molecule has 1 aromatic carbocycles. The highest BCUT2D eigenvalue weighted by atomic mass is 35.5. The van der Waals surface area contributed by atoms with Gasteiger partial charge in [-0.25, -0.2) is 0 Å². The number of hydrogen-bond acceptors (Lipinski definition) is 4. The van der Waals surface area contributed by atoms with E-state index in [1.807, 2.05) is 12.1 Å². The van der Waals surface area contributed by atoms with Gasteiger partial charge in [0.1, 0.15) is 5.06 Å². The van der Waals surface area contributed by atoms with E-state index in [0.717, 1.165) is 44.1 Å². The van der Waals surface area contributed by atoms with Gasteiger partial charge in [0.25, 0.3) is 0 Å². The van der Waals surface area contributed by atoms with Crippen molar-refractivity contribution in [3.8, 4) is 0 Å². The molecule has 5 aliphatic rings.